The first-order valence-electron chi connectivity index (χ1n) is 5.98. The number of aliphatic hydroxyl groups is 1. The average molecular weight is 262 g/mol. The highest BCUT2D eigenvalue weighted by Crippen LogP contribution is 2.17. The third-order valence-electron chi connectivity index (χ3n) is 2.92. The van der Waals surface area contributed by atoms with Crippen molar-refractivity contribution in [2.75, 3.05) is 13.7 Å². The van der Waals surface area contributed by atoms with Crippen LogP contribution in [0.3, 0.4) is 0 Å². The minimum absolute atomic E-state index is 0.0213. The van der Waals surface area contributed by atoms with Crippen molar-refractivity contribution in [1.82, 2.24) is 0 Å². The molecule has 1 aromatic rings. The minimum atomic E-state index is -0.471. The molecule has 19 heavy (non-hydrogen) atoms. The molecule has 0 heterocycles. The van der Waals surface area contributed by atoms with Gasteiger partial charge in [-0.05, 0) is 37.1 Å². The first-order chi connectivity index (χ1) is 8.99. The van der Waals surface area contributed by atoms with Crippen molar-refractivity contribution in [3.8, 4) is 0 Å². The van der Waals surface area contributed by atoms with Crippen LogP contribution in [0.25, 0.3) is 0 Å². The van der Waals surface area contributed by atoms with Crippen LogP contribution in [-0.4, -0.2) is 30.6 Å². The monoisotopic (exact) mass is 262 g/mol. The number of hydrogen-bond acceptors (Lipinski definition) is 4. The summed E-state index contributed by atoms with van der Waals surface area (Å²) in [5, 5.41) is 8.93. The van der Waals surface area contributed by atoms with Crippen LogP contribution < -0.4 is 0 Å². The Kier molecular flexibility index (Phi) is 5.45. The molecule has 1 N–H and O–H groups in total. The van der Waals surface area contributed by atoms with E-state index in [1.165, 1.54) is 20.1 Å². The van der Waals surface area contributed by atoms with E-state index in [1.54, 1.807) is 12.1 Å². The van der Waals surface area contributed by atoms with Gasteiger partial charge in [0.25, 0.3) is 0 Å². The van der Waals surface area contributed by atoms with E-state index in [2.05, 4.69) is 4.74 Å². The maximum atomic E-state index is 11.6. The Morgan fingerprint density at radius 1 is 1.37 bits per heavy atom. The van der Waals surface area contributed by atoms with Gasteiger partial charge in [0, 0.05) is 17.6 Å². The smallest absolute Gasteiger partial charge is 0.333 e. The lowest BCUT2D eigenvalue weighted by atomic mass is 9.97. The summed E-state index contributed by atoms with van der Waals surface area (Å²) in [6, 6.07) is 5.38. The average Bonchev–Trinajstić information content (AvgIpc) is 2.39. The molecular weight excluding hydrogens is 244 g/mol. The number of rotatable bonds is 5. The number of carbonyl (C=O) groups is 2. The van der Waals surface area contributed by atoms with E-state index < -0.39 is 5.97 Å². The van der Waals surface area contributed by atoms with E-state index in [0.717, 1.165) is 11.1 Å². The minimum Gasteiger partial charge on any atom is -0.466 e. The molecule has 4 nitrogen and oxygen atoms in total. The van der Waals surface area contributed by atoms with Crippen LogP contribution in [0, 0.1) is 6.92 Å². The van der Waals surface area contributed by atoms with Crippen LogP contribution >= 0.6 is 0 Å². The zero-order valence-corrected chi connectivity index (χ0v) is 11.4. The molecule has 0 aliphatic rings. The van der Waals surface area contributed by atoms with Crippen molar-refractivity contribution >= 4 is 11.8 Å². The van der Waals surface area contributed by atoms with E-state index in [9.17, 15) is 9.59 Å². The van der Waals surface area contributed by atoms with Gasteiger partial charge in [-0.15, -0.1) is 0 Å². The number of benzene rings is 1. The standard InChI is InChI=1S/C15H18O4/c1-10-4-5-12(11(2)17)8-14(10)9-13(6-7-16)15(18)19-3/h4-6,8,16H,7,9H2,1-3H3/b13-6+. The second kappa shape index (κ2) is 6.85. The predicted molar refractivity (Wildman–Crippen MR) is 72.1 cm³/mol. The van der Waals surface area contributed by atoms with E-state index in [0.29, 0.717) is 17.6 Å². The lowest BCUT2D eigenvalue weighted by molar-refractivity contribution is -0.136. The third kappa shape index (κ3) is 4.03. The molecule has 0 atom stereocenters. The molecule has 102 valence electrons. The number of ketones is 1. The predicted octanol–water partition coefficient (Wildman–Crippen LogP) is 1.83. The molecule has 0 aliphatic heterocycles. The number of carbonyl (C=O) groups excluding carboxylic acids is 2. The second-order valence-electron chi connectivity index (χ2n) is 4.28. The van der Waals surface area contributed by atoms with E-state index in [1.807, 2.05) is 13.0 Å². The van der Waals surface area contributed by atoms with Gasteiger partial charge in [-0.3, -0.25) is 4.79 Å². The number of methoxy groups -OCH3 is 1. The lowest BCUT2D eigenvalue weighted by Crippen LogP contribution is -2.09. The quantitative estimate of drug-likeness (QED) is 0.499. The van der Waals surface area contributed by atoms with Crippen LogP contribution in [0.15, 0.2) is 29.8 Å². The zero-order chi connectivity index (χ0) is 14.4. The van der Waals surface area contributed by atoms with Gasteiger partial charge in [-0.1, -0.05) is 12.1 Å². The highest BCUT2D eigenvalue weighted by molar-refractivity contribution is 5.94. The lowest BCUT2D eigenvalue weighted by Gasteiger charge is -2.09. The molecule has 0 fully saturated rings. The van der Waals surface area contributed by atoms with E-state index in [4.69, 9.17) is 5.11 Å². The van der Waals surface area contributed by atoms with Gasteiger partial charge in [0.15, 0.2) is 5.78 Å². The Morgan fingerprint density at radius 2 is 2.05 bits per heavy atom. The Balaban J connectivity index is 3.09. The molecule has 0 radical (unpaired) electrons. The summed E-state index contributed by atoms with van der Waals surface area (Å²) >= 11 is 0. The summed E-state index contributed by atoms with van der Waals surface area (Å²) in [6.07, 6.45) is 1.76. The molecule has 0 saturated heterocycles. The molecule has 0 amide bonds. The van der Waals surface area contributed by atoms with E-state index >= 15 is 0 Å². The summed E-state index contributed by atoms with van der Waals surface area (Å²) in [4.78, 5) is 22.9. The molecule has 0 spiro atoms. The summed E-state index contributed by atoms with van der Waals surface area (Å²) in [5.74, 6) is -0.492. The number of aliphatic hydroxyl groups excluding tert-OH is 1. The largest absolute Gasteiger partial charge is 0.466 e. The van der Waals surface area contributed by atoms with Crippen LogP contribution in [0.4, 0.5) is 0 Å². The normalized spacial score (nSPS) is 11.3. The van der Waals surface area contributed by atoms with Gasteiger partial charge in [-0.2, -0.15) is 0 Å². The fourth-order valence-corrected chi connectivity index (χ4v) is 1.76. The molecule has 0 aromatic heterocycles. The Hall–Kier alpha value is -1.94. The molecule has 1 rings (SSSR count). The van der Waals surface area contributed by atoms with Crippen LogP contribution in [0.2, 0.25) is 0 Å². The van der Waals surface area contributed by atoms with Crippen LogP contribution in [0.5, 0.6) is 0 Å². The second-order valence-corrected chi connectivity index (χ2v) is 4.28. The van der Waals surface area contributed by atoms with Gasteiger partial charge in [-0.25, -0.2) is 4.79 Å². The Bertz CT molecular complexity index is 515. The SMILES string of the molecule is COC(=O)/C(=C/CO)Cc1cc(C(C)=O)ccc1C. The van der Waals surface area contributed by atoms with Gasteiger partial charge < -0.3 is 9.84 Å². The summed E-state index contributed by atoms with van der Waals surface area (Å²) in [6.45, 7) is 3.18. The molecular formula is C15H18O4. The summed E-state index contributed by atoms with van der Waals surface area (Å²) < 4.78 is 4.67. The maximum absolute atomic E-state index is 11.6. The number of aryl methyl sites for hydroxylation is 1. The number of hydrogen-bond donors (Lipinski definition) is 1. The highest BCUT2D eigenvalue weighted by atomic mass is 16.5. The first kappa shape index (κ1) is 15.1. The third-order valence-corrected chi connectivity index (χ3v) is 2.92. The van der Waals surface area contributed by atoms with Crippen molar-refractivity contribution in [1.29, 1.82) is 0 Å². The zero-order valence-electron chi connectivity index (χ0n) is 11.4. The summed E-state index contributed by atoms with van der Waals surface area (Å²) in [7, 11) is 1.30. The van der Waals surface area contributed by atoms with Crippen molar-refractivity contribution in [3.63, 3.8) is 0 Å². The van der Waals surface area contributed by atoms with Gasteiger partial charge in [0.05, 0.1) is 13.7 Å². The number of esters is 1. The van der Waals surface area contributed by atoms with Crippen LogP contribution in [0.1, 0.15) is 28.4 Å². The Labute approximate surface area is 112 Å². The van der Waals surface area contributed by atoms with Crippen molar-refractivity contribution < 1.29 is 19.4 Å². The van der Waals surface area contributed by atoms with Gasteiger partial charge in [0.2, 0.25) is 0 Å². The number of ether oxygens (including phenoxy) is 1. The molecule has 0 aliphatic carbocycles. The van der Waals surface area contributed by atoms with Crippen molar-refractivity contribution in [3.05, 3.63) is 46.5 Å². The molecule has 1 aromatic carbocycles. The highest BCUT2D eigenvalue weighted by Gasteiger charge is 2.12. The summed E-state index contributed by atoms with van der Waals surface area (Å²) in [5.41, 5.74) is 2.85. The number of Topliss-reactive ketones (excluding diaryl/α,β-unsaturated/α-hetero) is 1. The van der Waals surface area contributed by atoms with Gasteiger partial charge >= 0.3 is 5.97 Å². The first-order valence-corrected chi connectivity index (χ1v) is 5.98. The fraction of sp³-hybridized carbons (Fsp3) is 0.333. The topological polar surface area (TPSA) is 63.6 Å². The van der Waals surface area contributed by atoms with Crippen molar-refractivity contribution in [2.45, 2.75) is 20.3 Å². The van der Waals surface area contributed by atoms with Crippen LogP contribution in [-0.2, 0) is 16.0 Å². The maximum Gasteiger partial charge on any atom is 0.333 e. The van der Waals surface area contributed by atoms with E-state index in [-0.39, 0.29) is 12.4 Å². The molecule has 0 bridgehead atoms. The molecule has 4 heteroatoms. The van der Waals surface area contributed by atoms with Crippen molar-refractivity contribution in [2.24, 2.45) is 0 Å². The molecule has 0 unspecified atom stereocenters. The van der Waals surface area contributed by atoms with Gasteiger partial charge in [0.1, 0.15) is 0 Å². The Morgan fingerprint density at radius 3 is 2.58 bits per heavy atom. The fourth-order valence-electron chi connectivity index (χ4n) is 1.76. The molecule has 0 saturated carbocycles.